The molecule has 0 unspecified atom stereocenters. The summed E-state index contributed by atoms with van der Waals surface area (Å²) in [5.74, 6) is -12.9. The first kappa shape index (κ1) is 15.3. The molecule has 102 valence electrons. The van der Waals surface area contributed by atoms with E-state index in [1.807, 2.05) is 0 Å². The second-order valence-corrected chi connectivity index (χ2v) is 5.70. The molecule has 2 atom stereocenters. The van der Waals surface area contributed by atoms with E-state index in [0.29, 0.717) is 6.42 Å². The van der Waals surface area contributed by atoms with Crippen LogP contribution >= 0.6 is 22.6 Å². The van der Waals surface area contributed by atoms with Gasteiger partial charge < -0.3 is 0 Å². The molecule has 0 aromatic rings. The quantitative estimate of drug-likeness (QED) is 0.368. The summed E-state index contributed by atoms with van der Waals surface area (Å²) < 4.78 is 87.4. The molecule has 1 rings (SSSR count). The molecule has 0 aromatic heterocycles. The predicted octanol–water partition coefficient (Wildman–Crippen LogP) is 4.81. The van der Waals surface area contributed by atoms with Gasteiger partial charge in [-0.3, -0.25) is 0 Å². The number of rotatable bonds is 2. The van der Waals surface area contributed by atoms with Crippen molar-refractivity contribution in [2.75, 3.05) is 0 Å². The monoisotopic (exact) mass is 378 g/mol. The van der Waals surface area contributed by atoms with E-state index >= 15 is 0 Å². The fourth-order valence-electron chi connectivity index (χ4n) is 1.92. The predicted molar refractivity (Wildman–Crippen MR) is 55.7 cm³/mol. The van der Waals surface area contributed by atoms with Crippen LogP contribution in [0.4, 0.5) is 30.7 Å². The summed E-state index contributed by atoms with van der Waals surface area (Å²) in [6, 6.07) is 0. The zero-order valence-corrected chi connectivity index (χ0v) is 10.7. The third-order valence-corrected chi connectivity index (χ3v) is 4.41. The summed E-state index contributed by atoms with van der Waals surface area (Å²) in [7, 11) is 0. The zero-order valence-electron chi connectivity index (χ0n) is 8.51. The number of halogens is 8. The Hall–Kier alpha value is 0.240. The van der Waals surface area contributed by atoms with E-state index in [0.717, 1.165) is 0 Å². The Kier molecular flexibility index (Phi) is 4.26. The summed E-state index contributed by atoms with van der Waals surface area (Å²) in [5, 5.41) is 0. The van der Waals surface area contributed by atoms with Crippen molar-refractivity contribution in [3.8, 4) is 0 Å². The van der Waals surface area contributed by atoms with Gasteiger partial charge in [-0.1, -0.05) is 35.4 Å². The Bertz CT molecular complexity index is 273. The Balaban J connectivity index is 3.00. The number of hydrogen-bond donors (Lipinski definition) is 0. The Morgan fingerprint density at radius 1 is 0.824 bits per heavy atom. The topological polar surface area (TPSA) is 0 Å². The van der Waals surface area contributed by atoms with E-state index in [9.17, 15) is 30.7 Å². The Morgan fingerprint density at radius 2 is 1.29 bits per heavy atom. The SMILES string of the molecule is FC(F)(F)C(F)(F)C(F)(F)[C@@H]1CCCC[C@@H]1I. The first-order chi connectivity index (χ1) is 7.52. The fourth-order valence-corrected chi connectivity index (χ4v) is 3.17. The molecule has 1 aliphatic carbocycles. The molecule has 8 heteroatoms. The van der Waals surface area contributed by atoms with Gasteiger partial charge in [-0.2, -0.15) is 30.7 Å². The van der Waals surface area contributed by atoms with E-state index in [1.165, 1.54) is 22.6 Å². The highest BCUT2D eigenvalue weighted by Crippen LogP contribution is 2.53. The smallest absolute Gasteiger partial charge is 0.199 e. The van der Waals surface area contributed by atoms with Gasteiger partial charge in [0.25, 0.3) is 0 Å². The molecule has 1 aliphatic rings. The molecule has 1 saturated carbocycles. The van der Waals surface area contributed by atoms with Crippen LogP contribution in [0.5, 0.6) is 0 Å². The van der Waals surface area contributed by atoms with E-state index < -0.39 is 27.9 Å². The summed E-state index contributed by atoms with van der Waals surface area (Å²) in [4.78, 5) is 0. The summed E-state index contributed by atoms with van der Waals surface area (Å²) in [6.07, 6.45) is -5.43. The molecule has 1 fully saturated rings. The molecule has 17 heavy (non-hydrogen) atoms. The molecule has 0 aromatic carbocycles. The minimum atomic E-state index is -6.22. The van der Waals surface area contributed by atoms with Crippen LogP contribution in [0.2, 0.25) is 0 Å². The minimum absolute atomic E-state index is 0.245. The highest BCUT2D eigenvalue weighted by molar-refractivity contribution is 14.1. The second kappa shape index (κ2) is 4.73. The van der Waals surface area contributed by atoms with Crippen LogP contribution < -0.4 is 0 Å². The molecule has 0 amide bonds. The zero-order chi connectivity index (χ0) is 13.5. The van der Waals surface area contributed by atoms with Gasteiger partial charge in [-0.15, -0.1) is 0 Å². The van der Waals surface area contributed by atoms with Crippen LogP contribution in [-0.2, 0) is 0 Å². The second-order valence-electron chi connectivity index (χ2n) is 4.10. The van der Waals surface area contributed by atoms with Crippen LogP contribution in [0, 0.1) is 5.92 Å². The van der Waals surface area contributed by atoms with Crippen molar-refractivity contribution in [1.82, 2.24) is 0 Å². The summed E-state index contributed by atoms with van der Waals surface area (Å²) >= 11 is 1.53. The largest absolute Gasteiger partial charge is 0.459 e. The van der Waals surface area contributed by atoms with Gasteiger partial charge in [0.05, 0.1) is 0 Å². The van der Waals surface area contributed by atoms with Gasteiger partial charge in [-0.05, 0) is 12.8 Å². The maximum atomic E-state index is 13.4. The molecule has 0 heterocycles. The maximum absolute atomic E-state index is 13.4. The lowest BCUT2D eigenvalue weighted by Crippen LogP contribution is -2.57. The third-order valence-electron chi connectivity index (χ3n) is 2.92. The lowest BCUT2D eigenvalue weighted by atomic mass is 9.82. The van der Waals surface area contributed by atoms with Crippen molar-refractivity contribution < 1.29 is 30.7 Å². The van der Waals surface area contributed by atoms with Crippen molar-refractivity contribution in [3.05, 3.63) is 0 Å². The first-order valence-electron chi connectivity index (χ1n) is 4.98. The molecule has 0 spiro atoms. The summed E-state index contributed by atoms with van der Waals surface area (Å²) in [5.41, 5.74) is 0. The molecule has 0 aliphatic heterocycles. The van der Waals surface area contributed by atoms with Gasteiger partial charge in [0, 0.05) is 9.84 Å². The maximum Gasteiger partial charge on any atom is 0.459 e. The summed E-state index contributed by atoms with van der Waals surface area (Å²) in [6.45, 7) is 0. The van der Waals surface area contributed by atoms with Crippen LogP contribution in [0.1, 0.15) is 25.7 Å². The van der Waals surface area contributed by atoms with Crippen LogP contribution in [-0.4, -0.2) is 21.9 Å². The van der Waals surface area contributed by atoms with Crippen LogP contribution in [0.25, 0.3) is 0 Å². The van der Waals surface area contributed by atoms with E-state index in [1.54, 1.807) is 0 Å². The molecular weight excluding hydrogens is 368 g/mol. The van der Waals surface area contributed by atoms with Gasteiger partial charge in [-0.25, -0.2) is 0 Å². The van der Waals surface area contributed by atoms with Gasteiger partial charge in [0.2, 0.25) is 0 Å². The first-order valence-corrected chi connectivity index (χ1v) is 6.23. The fraction of sp³-hybridized carbons (Fsp3) is 1.00. The Labute approximate surface area is 107 Å². The lowest BCUT2D eigenvalue weighted by molar-refractivity contribution is -0.366. The van der Waals surface area contributed by atoms with Crippen molar-refractivity contribution in [3.63, 3.8) is 0 Å². The van der Waals surface area contributed by atoms with Crippen molar-refractivity contribution >= 4 is 22.6 Å². The normalized spacial score (nSPS) is 28.2. The van der Waals surface area contributed by atoms with Crippen molar-refractivity contribution in [2.45, 2.75) is 47.6 Å². The molecule has 0 N–H and O–H groups in total. The minimum Gasteiger partial charge on any atom is -0.199 e. The molecule has 0 bridgehead atoms. The van der Waals surface area contributed by atoms with E-state index in [4.69, 9.17) is 0 Å². The van der Waals surface area contributed by atoms with Gasteiger partial charge in [0.15, 0.2) is 0 Å². The number of alkyl halides is 8. The average Bonchev–Trinajstić information content (AvgIpc) is 2.16. The van der Waals surface area contributed by atoms with E-state index in [2.05, 4.69) is 0 Å². The third kappa shape index (κ3) is 2.65. The van der Waals surface area contributed by atoms with Crippen molar-refractivity contribution in [1.29, 1.82) is 0 Å². The van der Waals surface area contributed by atoms with Crippen LogP contribution in [0.3, 0.4) is 0 Å². The Morgan fingerprint density at radius 3 is 1.71 bits per heavy atom. The molecule has 0 radical (unpaired) electrons. The lowest BCUT2D eigenvalue weighted by Gasteiger charge is -2.38. The highest BCUT2D eigenvalue weighted by Gasteiger charge is 2.75. The van der Waals surface area contributed by atoms with Crippen LogP contribution in [0.15, 0.2) is 0 Å². The van der Waals surface area contributed by atoms with Gasteiger partial charge >= 0.3 is 18.0 Å². The molecule has 0 saturated heterocycles. The standard InChI is InChI=1S/C9H10F7I/c10-7(11,8(12,13)9(14,15)16)5-3-1-2-4-6(5)17/h5-6H,1-4H2/t5-,6+/m1/s1. The number of hydrogen-bond acceptors (Lipinski definition) is 0. The van der Waals surface area contributed by atoms with E-state index in [-0.39, 0.29) is 19.3 Å². The average molecular weight is 378 g/mol. The van der Waals surface area contributed by atoms with Gasteiger partial charge in [0.1, 0.15) is 0 Å². The highest BCUT2D eigenvalue weighted by atomic mass is 127. The van der Waals surface area contributed by atoms with Crippen molar-refractivity contribution in [2.24, 2.45) is 5.92 Å². The molecular formula is C9H10F7I. The molecule has 0 nitrogen and oxygen atoms in total.